The van der Waals surface area contributed by atoms with Crippen LogP contribution in [0.1, 0.15) is 26.5 Å². The van der Waals surface area contributed by atoms with Crippen molar-refractivity contribution >= 4 is 27.6 Å². The number of fused-ring (bicyclic) bond motifs is 2. The number of H-pyrrole nitrogens is 2. The molecule has 1 aromatic carbocycles. The second-order valence-electron chi connectivity index (χ2n) is 8.66. The lowest BCUT2D eigenvalue weighted by Gasteiger charge is -2.12. The van der Waals surface area contributed by atoms with Crippen LogP contribution in [0.5, 0.6) is 0 Å². The van der Waals surface area contributed by atoms with Gasteiger partial charge in [0.15, 0.2) is 11.5 Å². The van der Waals surface area contributed by atoms with Gasteiger partial charge in [0, 0.05) is 23.5 Å². The lowest BCUT2D eigenvalue weighted by Crippen LogP contribution is -2.20. The third-order valence-electron chi connectivity index (χ3n) is 5.72. The third-order valence-corrected chi connectivity index (χ3v) is 5.72. The molecule has 3 N–H and O–H groups in total. The first-order valence-corrected chi connectivity index (χ1v) is 11.7. The summed E-state index contributed by atoms with van der Waals surface area (Å²) in [7, 11) is 0. The number of halogens is 1. The summed E-state index contributed by atoms with van der Waals surface area (Å²) in [6.45, 7) is 10.1. The topological polar surface area (TPSA) is 95.2 Å². The Hall–Kier alpha value is -4.59. The van der Waals surface area contributed by atoms with Gasteiger partial charge in [-0.2, -0.15) is 5.10 Å². The highest BCUT2D eigenvalue weighted by atomic mass is 19.1. The van der Waals surface area contributed by atoms with Crippen LogP contribution in [0.2, 0.25) is 0 Å². The molecular formula is C28H26FN7. The van der Waals surface area contributed by atoms with E-state index < -0.39 is 0 Å². The Balaban J connectivity index is 1.59. The highest BCUT2D eigenvalue weighted by molar-refractivity contribution is 5.95. The Kier molecular flexibility index (Phi) is 6.16. The molecule has 7 nitrogen and oxygen atoms in total. The summed E-state index contributed by atoms with van der Waals surface area (Å²) in [6, 6.07) is 12.4. The van der Waals surface area contributed by atoms with Crippen molar-refractivity contribution in [2.24, 2.45) is 0 Å². The minimum Gasteiger partial charge on any atom is -0.383 e. The number of imidazole rings is 1. The first-order valence-electron chi connectivity index (χ1n) is 11.7. The van der Waals surface area contributed by atoms with Crippen LogP contribution in [0.4, 0.5) is 4.39 Å². The molecule has 0 aliphatic rings. The van der Waals surface area contributed by atoms with Crippen LogP contribution in [-0.2, 0) is 0 Å². The third kappa shape index (κ3) is 4.40. The van der Waals surface area contributed by atoms with Crippen LogP contribution >= 0.6 is 0 Å². The lowest BCUT2D eigenvalue weighted by atomic mass is 10.1. The standard InChI is InChI=1S/C28H26FN7/c1-5-17(15-20(6-2)31-16(3)4)21-10-11-23-26(32-21)27(36-35-23)28-33-22-12-13-30-24(25(22)34-28)18-8-7-9-19(29)14-18/h5-16,31H,2H2,1,3-4H3,(H,33,34)(H,35,36)/b17-5+,20-15+. The highest BCUT2D eigenvalue weighted by Crippen LogP contribution is 2.30. The van der Waals surface area contributed by atoms with Crippen LogP contribution in [0.15, 0.2) is 79.2 Å². The van der Waals surface area contributed by atoms with Gasteiger partial charge in [0.05, 0.1) is 22.4 Å². The largest absolute Gasteiger partial charge is 0.383 e. The molecule has 0 bridgehead atoms. The predicted octanol–water partition coefficient (Wildman–Crippen LogP) is 6.17. The van der Waals surface area contributed by atoms with Crippen molar-refractivity contribution in [3.8, 4) is 22.8 Å². The monoisotopic (exact) mass is 479 g/mol. The molecule has 0 amide bonds. The minimum absolute atomic E-state index is 0.281. The molecule has 0 atom stereocenters. The summed E-state index contributed by atoms with van der Waals surface area (Å²) in [5.74, 6) is 0.228. The number of allylic oxidation sites excluding steroid dienone is 4. The fourth-order valence-corrected chi connectivity index (χ4v) is 4.08. The molecule has 180 valence electrons. The molecule has 0 spiro atoms. The van der Waals surface area contributed by atoms with E-state index in [-0.39, 0.29) is 11.9 Å². The maximum Gasteiger partial charge on any atom is 0.161 e. The minimum atomic E-state index is -0.325. The van der Waals surface area contributed by atoms with Gasteiger partial charge in [-0.15, -0.1) is 0 Å². The van der Waals surface area contributed by atoms with Crippen LogP contribution in [0.3, 0.4) is 0 Å². The zero-order valence-corrected chi connectivity index (χ0v) is 20.3. The van der Waals surface area contributed by atoms with Gasteiger partial charge in [-0.3, -0.25) is 10.1 Å². The average molecular weight is 480 g/mol. The normalized spacial score (nSPS) is 12.6. The Bertz CT molecular complexity index is 1640. The molecule has 0 aliphatic heterocycles. The maximum absolute atomic E-state index is 13.9. The smallest absolute Gasteiger partial charge is 0.161 e. The Morgan fingerprint density at radius 1 is 1.06 bits per heavy atom. The molecule has 0 saturated heterocycles. The van der Waals surface area contributed by atoms with Gasteiger partial charge in [0.1, 0.15) is 16.9 Å². The summed E-state index contributed by atoms with van der Waals surface area (Å²) >= 11 is 0. The second-order valence-corrected chi connectivity index (χ2v) is 8.66. The van der Waals surface area contributed by atoms with Gasteiger partial charge in [0.25, 0.3) is 0 Å². The van der Waals surface area contributed by atoms with E-state index in [0.717, 1.165) is 28.0 Å². The number of aromatic amines is 2. The van der Waals surface area contributed by atoms with E-state index in [1.54, 1.807) is 18.3 Å². The molecule has 4 heterocycles. The van der Waals surface area contributed by atoms with Gasteiger partial charge in [-0.1, -0.05) is 24.8 Å². The van der Waals surface area contributed by atoms with Crippen LogP contribution in [0, 0.1) is 5.82 Å². The number of nitrogens with one attached hydrogen (secondary N) is 3. The van der Waals surface area contributed by atoms with E-state index in [1.807, 2.05) is 43.3 Å². The molecule has 0 saturated carbocycles. The highest BCUT2D eigenvalue weighted by Gasteiger charge is 2.17. The van der Waals surface area contributed by atoms with E-state index in [0.29, 0.717) is 33.8 Å². The van der Waals surface area contributed by atoms with Gasteiger partial charge in [-0.25, -0.2) is 14.4 Å². The summed E-state index contributed by atoms with van der Waals surface area (Å²) in [5.41, 5.74) is 7.42. The van der Waals surface area contributed by atoms with Crippen molar-refractivity contribution in [1.82, 2.24) is 35.5 Å². The summed E-state index contributed by atoms with van der Waals surface area (Å²) < 4.78 is 13.9. The fraction of sp³-hybridized carbons (Fsp3) is 0.143. The molecule has 0 radical (unpaired) electrons. The van der Waals surface area contributed by atoms with Gasteiger partial charge in [-0.05, 0) is 68.8 Å². The van der Waals surface area contributed by atoms with E-state index >= 15 is 0 Å². The maximum atomic E-state index is 13.9. The fourth-order valence-electron chi connectivity index (χ4n) is 4.08. The number of aromatic nitrogens is 6. The van der Waals surface area contributed by atoms with Crippen molar-refractivity contribution in [1.29, 1.82) is 0 Å². The van der Waals surface area contributed by atoms with E-state index in [4.69, 9.17) is 9.97 Å². The number of hydrogen-bond donors (Lipinski definition) is 3. The van der Waals surface area contributed by atoms with Crippen molar-refractivity contribution < 1.29 is 4.39 Å². The quantitative estimate of drug-likeness (QED) is 0.243. The Morgan fingerprint density at radius 2 is 1.89 bits per heavy atom. The first kappa shape index (κ1) is 23.2. The van der Waals surface area contributed by atoms with E-state index in [9.17, 15) is 4.39 Å². The number of nitrogens with zero attached hydrogens (tertiary/aromatic N) is 4. The van der Waals surface area contributed by atoms with Gasteiger partial charge >= 0.3 is 0 Å². The van der Waals surface area contributed by atoms with Gasteiger partial charge < -0.3 is 10.3 Å². The molecule has 4 aromatic heterocycles. The number of rotatable bonds is 7. The lowest BCUT2D eigenvalue weighted by molar-refractivity contribution is 0.628. The predicted molar refractivity (Wildman–Crippen MR) is 142 cm³/mol. The molecule has 0 fully saturated rings. The molecular weight excluding hydrogens is 453 g/mol. The second kappa shape index (κ2) is 9.58. The summed E-state index contributed by atoms with van der Waals surface area (Å²) in [4.78, 5) is 17.5. The van der Waals surface area contributed by atoms with Crippen molar-refractivity contribution in [3.63, 3.8) is 0 Å². The van der Waals surface area contributed by atoms with E-state index in [1.165, 1.54) is 12.1 Å². The van der Waals surface area contributed by atoms with Crippen molar-refractivity contribution in [2.45, 2.75) is 26.8 Å². The van der Waals surface area contributed by atoms with Crippen LogP contribution in [0.25, 0.3) is 50.4 Å². The van der Waals surface area contributed by atoms with Crippen molar-refractivity contribution in [3.05, 3.63) is 90.7 Å². The number of benzene rings is 1. The molecule has 36 heavy (non-hydrogen) atoms. The number of hydrogen-bond acceptors (Lipinski definition) is 5. The average Bonchev–Trinajstić information content (AvgIpc) is 3.49. The molecule has 0 unspecified atom stereocenters. The van der Waals surface area contributed by atoms with Crippen LogP contribution < -0.4 is 5.32 Å². The van der Waals surface area contributed by atoms with Crippen molar-refractivity contribution in [2.75, 3.05) is 0 Å². The number of pyridine rings is 2. The zero-order chi connectivity index (χ0) is 25.2. The summed E-state index contributed by atoms with van der Waals surface area (Å²) in [5, 5.41) is 10.9. The first-order chi connectivity index (χ1) is 17.5. The van der Waals surface area contributed by atoms with Gasteiger partial charge in [0.2, 0.25) is 0 Å². The molecule has 5 rings (SSSR count). The van der Waals surface area contributed by atoms with E-state index in [2.05, 4.69) is 45.9 Å². The van der Waals surface area contributed by atoms with Crippen LogP contribution in [-0.4, -0.2) is 36.2 Å². The molecule has 8 heteroatoms. The molecule has 5 aromatic rings. The zero-order valence-electron chi connectivity index (χ0n) is 20.3. The summed E-state index contributed by atoms with van der Waals surface area (Å²) in [6.07, 6.45) is 7.51. The Morgan fingerprint density at radius 3 is 2.64 bits per heavy atom. The molecule has 0 aliphatic carbocycles. The Labute approximate surface area is 207 Å². The SMILES string of the molecule is C=C/C(=C\C(=C/C)c1ccc2[nH]nc(-c3nc4c(-c5cccc(F)c5)nccc4[nH]3)c2n1)NC(C)C.